The van der Waals surface area contributed by atoms with E-state index in [4.69, 9.17) is 4.43 Å². The molecule has 0 bridgehead atoms. The Morgan fingerprint density at radius 3 is 2.00 bits per heavy atom. The molecule has 0 aromatic carbocycles. The highest BCUT2D eigenvalue weighted by molar-refractivity contribution is 6.73. The van der Waals surface area contributed by atoms with Gasteiger partial charge in [-0.05, 0) is 37.9 Å². The zero-order valence-corrected chi connectivity index (χ0v) is 11.4. The van der Waals surface area contributed by atoms with Crippen molar-refractivity contribution in [3.63, 3.8) is 0 Å². The lowest BCUT2D eigenvalue weighted by atomic mass is 10.2. The first kappa shape index (κ1) is 13.9. The molecular formula is C12H26OSi. The Kier molecular flexibility index (Phi) is 7.20. The SMILES string of the molecule is C=C(C)CCCO[Si](CC)(CC)CC. The summed E-state index contributed by atoms with van der Waals surface area (Å²) in [6.45, 7) is 13.8. The zero-order valence-electron chi connectivity index (χ0n) is 10.4. The fourth-order valence-electron chi connectivity index (χ4n) is 1.72. The van der Waals surface area contributed by atoms with Crippen LogP contribution in [0.5, 0.6) is 0 Å². The normalized spacial score (nSPS) is 11.7. The van der Waals surface area contributed by atoms with Crippen LogP contribution in [0.4, 0.5) is 0 Å². The summed E-state index contributed by atoms with van der Waals surface area (Å²) in [7, 11) is -1.32. The lowest BCUT2D eigenvalue weighted by Crippen LogP contribution is -2.36. The van der Waals surface area contributed by atoms with E-state index < -0.39 is 8.32 Å². The molecule has 0 N–H and O–H groups in total. The van der Waals surface area contributed by atoms with E-state index in [2.05, 4.69) is 34.3 Å². The van der Waals surface area contributed by atoms with Gasteiger partial charge in [-0.3, -0.25) is 0 Å². The quantitative estimate of drug-likeness (QED) is 0.331. The van der Waals surface area contributed by atoms with Gasteiger partial charge in [0.1, 0.15) is 0 Å². The standard InChI is InChI=1S/C12H26OSi/c1-6-14(7-2,8-3)13-11-9-10-12(4)5/h4,6-11H2,1-3,5H3. The van der Waals surface area contributed by atoms with Crippen molar-refractivity contribution in [2.45, 2.75) is 58.7 Å². The van der Waals surface area contributed by atoms with Gasteiger partial charge in [0.05, 0.1) is 0 Å². The first-order valence-electron chi connectivity index (χ1n) is 5.88. The number of rotatable bonds is 8. The minimum Gasteiger partial charge on any atom is -0.417 e. The molecule has 0 unspecified atom stereocenters. The maximum absolute atomic E-state index is 6.13. The van der Waals surface area contributed by atoms with Gasteiger partial charge in [-0.2, -0.15) is 0 Å². The maximum Gasteiger partial charge on any atom is 0.191 e. The van der Waals surface area contributed by atoms with E-state index in [0.717, 1.165) is 19.4 Å². The van der Waals surface area contributed by atoms with E-state index in [1.165, 1.54) is 23.7 Å². The predicted molar refractivity (Wildman–Crippen MR) is 67.2 cm³/mol. The van der Waals surface area contributed by atoms with Crippen LogP contribution in [0.2, 0.25) is 18.1 Å². The summed E-state index contributed by atoms with van der Waals surface area (Å²) in [5.74, 6) is 0. The summed E-state index contributed by atoms with van der Waals surface area (Å²) in [6.07, 6.45) is 2.26. The monoisotopic (exact) mass is 214 g/mol. The molecule has 14 heavy (non-hydrogen) atoms. The summed E-state index contributed by atoms with van der Waals surface area (Å²) >= 11 is 0. The molecule has 0 fully saturated rings. The first-order chi connectivity index (χ1) is 6.60. The molecule has 0 atom stereocenters. The smallest absolute Gasteiger partial charge is 0.191 e. The second kappa shape index (κ2) is 7.24. The Labute approximate surface area is 90.7 Å². The van der Waals surface area contributed by atoms with Gasteiger partial charge < -0.3 is 4.43 Å². The highest BCUT2D eigenvalue weighted by Crippen LogP contribution is 2.21. The average molecular weight is 214 g/mol. The van der Waals surface area contributed by atoms with E-state index in [-0.39, 0.29) is 0 Å². The molecule has 1 nitrogen and oxygen atoms in total. The van der Waals surface area contributed by atoms with Gasteiger partial charge in [-0.1, -0.05) is 26.3 Å². The van der Waals surface area contributed by atoms with E-state index >= 15 is 0 Å². The van der Waals surface area contributed by atoms with Crippen molar-refractivity contribution < 1.29 is 4.43 Å². The molecule has 0 saturated carbocycles. The molecule has 0 aromatic rings. The minimum absolute atomic E-state index is 0.939. The van der Waals surface area contributed by atoms with Crippen LogP contribution >= 0.6 is 0 Å². The zero-order chi connectivity index (χ0) is 11.0. The summed E-state index contributed by atoms with van der Waals surface area (Å²) < 4.78 is 6.13. The summed E-state index contributed by atoms with van der Waals surface area (Å²) in [6, 6.07) is 3.77. The van der Waals surface area contributed by atoms with Crippen LogP contribution in [0.15, 0.2) is 12.2 Å². The highest BCUT2D eigenvalue weighted by Gasteiger charge is 2.27. The molecular weight excluding hydrogens is 188 g/mol. The molecule has 0 aromatic heterocycles. The van der Waals surface area contributed by atoms with Crippen molar-refractivity contribution >= 4 is 8.32 Å². The lowest BCUT2D eigenvalue weighted by molar-refractivity contribution is 0.293. The third kappa shape index (κ3) is 4.96. The molecule has 0 amide bonds. The van der Waals surface area contributed by atoms with Crippen LogP contribution < -0.4 is 0 Å². The molecule has 0 rings (SSSR count). The van der Waals surface area contributed by atoms with Crippen LogP contribution in [0.25, 0.3) is 0 Å². The molecule has 2 heteroatoms. The average Bonchev–Trinajstić information content (AvgIpc) is 2.19. The Hall–Kier alpha value is -0.0831. The second-order valence-electron chi connectivity index (χ2n) is 4.15. The largest absolute Gasteiger partial charge is 0.417 e. The highest BCUT2D eigenvalue weighted by atomic mass is 28.4. The van der Waals surface area contributed by atoms with Crippen molar-refractivity contribution in [2.24, 2.45) is 0 Å². The topological polar surface area (TPSA) is 9.23 Å². The lowest BCUT2D eigenvalue weighted by Gasteiger charge is -2.27. The minimum atomic E-state index is -1.32. The van der Waals surface area contributed by atoms with E-state index in [0.29, 0.717) is 0 Å². The Bertz CT molecular complexity index is 153. The molecule has 0 aliphatic carbocycles. The van der Waals surface area contributed by atoms with Crippen LogP contribution in [0, 0.1) is 0 Å². The van der Waals surface area contributed by atoms with E-state index in [1.807, 2.05) is 0 Å². The molecule has 0 saturated heterocycles. The van der Waals surface area contributed by atoms with Gasteiger partial charge in [0, 0.05) is 6.61 Å². The maximum atomic E-state index is 6.13. The predicted octanol–water partition coefficient (Wildman–Crippen LogP) is 4.36. The molecule has 0 aliphatic rings. The van der Waals surface area contributed by atoms with E-state index in [1.54, 1.807) is 0 Å². The van der Waals surface area contributed by atoms with Crippen LogP contribution in [-0.2, 0) is 4.43 Å². The van der Waals surface area contributed by atoms with Crippen LogP contribution in [-0.4, -0.2) is 14.9 Å². The fourth-order valence-corrected chi connectivity index (χ4v) is 4.41. The molecule has 84 valence electrons. The molecule has 0 aliphatic heterocycles. The third-order valence-electron chi connectivity index (χ3n) is 3.09. The van der Waals surface area contributed by atoms with Crippen molar-refractivity contribution in [1.82, 2.24) is 0 Å². The number of allylic oxidation sites excluding steroid dienone is 1. The Morgan fingerprint density at radius 2 is 1.64 bits per heavy atom. The van der Waals surface area contributed by atoms with Gasteiger partial charge in [0.2, 0.25) is 0 Å². The van der Waals surface area contributed by atoms with Gasteiger partial charge in [0.25, 0.3) is 0 Å². The molecule has 0 spiro atoms. The summed E-state index contributed by atoms with van der Waals surface area (Å²) in [5, 5.41) is 0. The third-order valence-corrected chi connectivity index (χ3v) is 7.77. The fraction of sp³-hybridized carbons (Fsp3) is 0.833. The van der Waals surface area contributed by atoms with Gasteiger partial charge in [-0.25, -0.2) is 0 Å². The molecule has 0 heterocycles. The summed E-state index contributed by atoms with van der Waals surface area (Å²) in [4.78, 5) is 0. The first-order valence-corrected chi connectivity index (χ1v) is 8.41. The van der Waals surface area contributed by atoms with Gasteiger partial charge in [-0.15, -0.1) is 6.58 Å². The van der Waals surface area contributed by atoms with E-state index in [9.17, 15) is 0 Å². The number of hydrogen-bond donors (Lipinski definition) is 0. The summed E-state index contributed by atoms with van der Waals surface area (Å²) in [5.41, 5.74) is 1.27. The van der Waals surface area contributed by atoms with Crippen LogP contribution in [0.3, 0.4) is 0 Å². The van der Waals surface area contributed by atoms with Gasteiger partial charge in [0.15, 0.2) is 8.32 Å². The number of hydrogen-bond acceptors (Lipinski definition) is 1. The molecule has 0 radical (unpaired) electrons. The Morgan fingerprint density at radius 1 is 1.14 bits per heavy atom. The Balaban J connectivity index is 3.77. The second-order valence-corrected chi connectivity index (χ2v) is 8.93. The van der Waals surface area contributed by atoms with Crippen molar-refractivity contribution in [2.75, 3.05) is 6.61 Å². The van der Waals surface area contributed by atoms with Gasteiger partial charge >= 0.3 is 0 Å². The van der Waals surface area contributed by atoms with Crippen LogP contribution in [0.1, 0.15) is 40.5 Å². The van der Waals surface area contributed by atoms with Crippen molar-refractivity contribution in [3.8, 4) is 0 Å². The van der Waals surface area contributed by atoms with Crippen molar-refractivity contribution in [3.05, 3.63) is 12.2 Å². The van der Waals surface area contributed by atoms with Crippen molar-refractivity contribution in [1.29, 1.82) is 0 Å².